The van der Waals surface area contributed by atoms with Gasteiger partial charge in [-0.1, -0.05) is 51.8 Å². The van der Waals surface area contributed by atoms with Gasteiger partial charge in [0.15, 0.2) is 0 Å². The van der Waals surface area contributed by atoms with Gasteiger partial charge in [0.25, 0.3) is 0 Å². The Morgan fingerprint density at radius 3 is 1.44 bits per heavy atom. The van der Waals surface area contributed by atoms with Crippen molar-refractivity contribution in [3.63, 3.8) is 0 Å². The van der Waals surface area contributed by atoms with Crippen LogP contribution in [0.5, 0.6) is 0 Å². The second-order valence-corrected chi connectivity index (χ2v) is 9.47. The molecule has 0 nitrogen and oxygen atoms in total. The molecule has 0 saturated heterocycles. The fourth-order valence-electron chi connectivity index (χ4n) is 0.577. The third-order valence-corrected chi connectivity index (χ3v) is 8.20. The Morgan fingerprint density at radius 2 is 1.44 bits per heavy atom. The van der Waals surface area contributed by atoms with Gasteiger partial charge in [0.05, 0.1) is 8.07 Å². The van der Waals surface area contributed by atoms with Crippen molar-refractivity contribution in [1.29, 1.82) is 0 Å². The lowest BCUT2D eigenvalue weighted by Crippen LogP contribution is -2.32. The lowest BCUT2D eigenvalue weighted by atomic mass is 10.5. The molecule has 0 fully saturated rings. The minimum absolute atomic E-state index is 0.193. The normalized spacial score (nSPS) is 16.1. The van der Waals surface area contributed by atoms with E-state index in [2.05, 4.69) is 26.9 Å². The first-order valence-electron chi connectivity index (χ1n) is 4.19. The van der Waals surface area contributed by atoms with E-state index in [-0.39, 0.29) is 5.52 Å². The monoisotopic (exact) mass is 145 g/mol. The highest BCUT2D eigenvalue weighted by Crippen LogP contribution is 2.31. The Bertz CT molecular complexity index is 111. The van der Waals surface area contributed by atoms with Crippen molar-refractivity contribution in [2.75, 3.05) is 0 Å². The molecule has 0 aromatic rings. The van der Waals surface area contributed by atoms with E-state index in [1.54, 1.807) is 0 Å². The molecular formula is C8H20Si. The van der Waals surface area contributed by atoms with Crippen LogP contribution in [0, 0.1) is 0 Å². The summed E-state index contributed by atoms with van der Waals surface area (Å²) < 4.78 is 7.93. The predicted molar refractivity (Wildman–Crippen MR) is 47.7 cm³/mol. The van der Waals surface area contributed by atoms with Gasteiger partial charge in [-0.15, -0.1) is 0 Å². The third-order valence-electron chi connectivity index (χ3n) is 2.73. The van der Waals surface area contributed by atoms with Crippen LogP contribution in [0.4, 0.5) is 0 Å². The Hall–Kier alpha value is 0.217. The highest BCUT2D eigenvalue weighted by Gasteiger charge is 2.28. The molecule has 56 valence electrons. The lowest BCUT2D eigenvalue weighted by molar-refractivity contribution is 0.906. The van der Waals surface area contributed by atoms with Crippen LogP contribution in [-0.4, -0.2) is 8.07 Å². The van der Waals surface area contributed by atoms with E-state index >= 15 is 0 Å². The third kappa shape index (κ3) is 2.13. The molecule has 9 heavy (non-hydrogen) atoms. The minimum atomic E-state index is -1.32. The van der Waals surface area contributed by atoms with E-state index in [9.17, 15) is 0 Å². The van der Waals surface area contributed by atoms with Gasteiger partial charge in [0.2, 0.25) is 0 Å². The van der Waals surface area contributed by atoms with Crippen molar-refractivity contribution >= 4 is 8.07 Å². The fraction of sp³-hybridized carbons (Fsp3) is 1.00. The van der Waals surface area contributed by atoms with Crippen molar-refractivity contribution in [3.8, 4) is 0 Å². The maximum atomic E-state index is 7.93. The lowest BCUT2D eigenvalue weighted by Gasteiger charge is -2.31. The van der Waals surface area contributed by atoms with Gasteiger partial charge in [-0.05, 0) is 0 Å². The van der Waals surface area contributed by atoms with Crippen LogP contribution >= 0.6 is 0 Å². The molecule has 0 atom stereocenters. The molecule has 0 aliphatic rings. The molecule has 0 unspecified atom stereocenters. The summed E-state index contributed by atoms with van der Waals surface area (Å²) in [5.41, 5.74) is 0.515. The van der Waals surface area contributed by atoms with E-state index in [0.29, 0.717) is 5.54 Å². The van der Waals surface area contributed by atoms with Crippen LogP contribution < -0.4 is 0 Å². The summed E-state index contributed by atoms with van der Waals surface area (Å²) in [6, 6.07) is 0. The number of hydrogen-bond donors (Lipinski definition) is 0. The topological polar surface area (TPSA) is 0 Å². The van der Waals surface area contributed by atoms with Crippen LogP contribution in [-0.2, 0) is 0 Å². The van der Waals surface area contributed by atoms with Crippen molar-refractivity contribution in [1.82, 2.24) is 0 Å². The summed E-state index contributed by atoms with van der Waals surface area (Å²) >= 11 is 0. The average molecular weight is 145 g/mol. The van der Waals surface area contributed by atoms with E-state index in [0.717, 1.165) is 0 Å². The Balaban J connectivity index is 4.40. The molecule has 0 aromatic heterocycles. The molecule has 0 aliphatic heterocycles. The van der Waals surface area contributed by atoms with E-state index in [1.165, 1.54) is 0 Å². The molecule has 0 N–H and O–H groups in total. The first-order chi connectivity index (χ1) is 4.19. The van der Waals surface area contributed by atoms with Crippen LogP contribution in [0.3, 0.4) is 0 Å². The Kier molecular flexibility index (Phi) is 2.33. The fourth-order valence-corrected chi connectivity index (χ4v) is 1.73. The number of hydrogen-bond acceptors (Lipinski definition) is 0. The summed E-state index contributed by atoms with van der Waals surface area (Å²) in [6.45, 7) is 13.2. The molecule has 0 spiro atoms. The molecule has 0 aromatic carbocycles. The molecule has 0 amide bonds. The zero-order valence-electron chi connectivity index (χ0n) is 8.58. The van der Waals surface area contributed by atoms with Gasteiger partial charge in [0.1, 0.15) is 0 Å². The van der Waals surface area contributed by atoms with Crippen LogP contribution in [0.1, 0.15) is 29.1 Å². The van der Waals surface area contributed by atoms with Crippen molar-refractivity contribution in [2.45, 2.75) is 51.8 Å². The van der Waals surface area contributed by atoms with E-state index in [4.69, 9.17) is 1.37 Å². The van der Waals surface area contributed by atoms with Crippen molar-refractivity contribution in [3.05, 3.63) is 0 Å². The summed E-state index contributed by atoms with van der Waals surface area (Å²) in [5.74, 6) is 0. The van der Waals surface area contributed by atoms with Gasteiger partial charge < -0.3 is 0 Å². The van der Waals surface area contributed by atoms with Gasteiger partial charge >= 0.3 is 0 Å². The van der Waals surface area contributed by atoms with Crippen LogP contribution in [0.15, 0.2) is 0 Å². The van der Waals surface area contributed by atoms with Crippen molar-refractivity contribution < 1.29 is 1.37 Å². The SMILES string of the molecule is [2H]C(C)(C)[Si](C)(C)C(C)C. The number of rotatable bonds is 2. The molecule has 0 bridgehead atoms. The summed E-state index contributed by atoms with van der Waals surface area (Å²) in [7, 11) is -1.32. The standard InChI is InChI=1S/C8H20Si/c1-7(2)9(5,6)8(3)4/h7-8H,1-6H3/i7D. The first kappa shape index (κ1) is 7.33. The van der Waals surface area contributed by atoms with Gasteiger partial charge in [-0.3, -0.25) is 0 Å². The highest BCUT2D eigenvalue weighted by atomic mass is 28.3. The summed E-state index contributed by atoms with van der Waals surface area (Å²) in [5, 5.41) is 0. The summed E-state index contributed by atoms with van der Waals surface area (Å²) in [4.78, 5) is 0. The molecule has 0 rings (SSSR count). The predicted octanol–water partition coefficient (Wildman–Crippen LogP) is 3.51. The molecule has 0 aliphatic carbocycles. The van der Waals surface area contributed by atoms with Crippen LogP contribution in [0.25, 0.3) is 0 Å². The smallest absolute Gasteiger partial charge is 0.0525 e. The van der Waals surface area contributed by atoms with Gasteiger partial charge in [-0.25, -0.2) is 0 Å². The average Bonchev–Trinajstić information content (AvgIpc) is 1.62. The molecular weight excluding hydrogens is 124 g/mol. The maximum Gasteiger partial charge on any atom is 0.0525 e. The second-order valence-electron chi connectivity index (χ2n) is 3.88. The zero-order valence-corrected chi connectivity index (χ0v) is 8.58. The maximum absolute atomic E-state index is 7.93. The molecule has 0 heterocycles. The summed E-state index contributed by atoms with van der Waals surface area (Å²) in [6.07, 6.45) is 0. The molecule has 1 heteroatoms. The van der Waals surface area contributed by atoms with Gasteiger partial charge in [-0.2, -0.15) is 0 Å². The Labute approximate surface area is 62.1 Å². The van der Waals surface area contributed by atoms with E-state index < -0.39 is 8.07 Å². The van der Waals surface area contributed by atoms with Gasteiger partial charge in [0, 0.05) is 1.37 Å². The molecule has 0 saturated carbocycles. The Morgan fingerprint density at radius 1 is 1.11 bits per heavy atom. The van der Waals surface area contributed by atoms with Crippen molar-refractivity contribution in [2.24, 2.45) is 0 Å². The van der Waals surface area contributed by atoms with E-state index in [1.807, 2.05) is 13.8 Å². The molecule has 0 radical (unpaired) electrons. The van der Waals surface area contributed by atoms with Crippen LogP contribution in [0.2, 0.25) is 24.2 Å². The zero-order chi connectivity index (χ0) is 8.58. The largest absolute Gasteiger partial charge is 0.0690 e. The second kappa shape index (κ2) is 2.87. The minimum Gasteiger partial charge on any atom is -0.0690 e. The first-order valence-corrected chi connectivity index (χ1v) is 6.77. The highest BCUT2D eigenvalue weighted by molar-refractivity contribution is 6.79. The quantitative estimate of drug-likeness (QED) is 0.522.